The van der Waals surface area contributed by atoms with Crippen molar-refractivity contribution >= 4 is 32.3 Å². The van der Waals surface area contributed by atoms with Crippen LogP contribution >= 0.6 is 0 Å². The first-order valence-corrected chi connectivity index (χ1v) is 10.9. The second kappa shape index (κ2) is 7.91. The van der Waals surface area contributed by atoms with Crippen LogP contribution in [-0.2, 0) is 0 Å². The van der Waals surface area contributed by atoms with Gasteiger partial charge in [0, 0.05) is 5.56 Å². The van der Waals surface area contributed by atoms with Gasteiger partial charge in [-0.1, -0.05) is 78.9 Å². The van der Waals surface area contributed by atoms with Crippen LogP contribution in [0.15, 0.2) is 91.0 Å². The topological polar surface area (TPSA) is 0 Å². The zero-order valence-corrected chi connectivity index (χ0v) is 18.1. The van der Waals surface area contributed by atoms with E-state index in [0.29, 0.717) is 21.5 Å². The number of hydrogen-bond acceptors (Lipinski definition) is 0. The van der Waals surface area contributed by atoms with Crippen molar-refractivity contribution in [2.45, 2.75) is 0 Å². The lowest BCUT2D eigenvalue weighted by molar-refractivity contribution is 0.381. The predicted molar refractivity (Wildman–Crippen MR) is 130 cm³/mol. The molecule has 0 atom stereocenters. The van der Waals surface area contributed by atoms with Crippen molar-refractivity contribution < 1.29 is 22.0 Å². The molecule has 0 bridgehead atoms. The monoisotopic (exact) mass is 470 g/mol. The van der Waals surface area contributed by atoms with E-state index in [2.05, 4.69) is 0 Å². The summed E-state index contributed by atoms with van der Waals surface area (Å²) < 4.78 is 72.9. The van der Waals surface area contributed by atoms with Crippen LogP contribution in [0.1, 0.15) is 0 Å². The Bertz CT molecular complexity index is 1760. The lowest BCUT2D eigenvalue weighted by Crippen LogP contribution is -2.05. The van der Waals surface area contributed by atoms with E-state index in [1.165, 1.54) is 0 Å². The summed E-state index contributed by atoms with van der Waals surface area (Å²) >= 11 is 0. The van der Waals surface area contributed by atoms with Crippen LogP contribution in [-0.4, -0.2) is 0 Å². The van der Waals surface area contributed by atoms with Crippen molar-refractivity contribution in [3.05, 3.63) is 120 Å². The Labute approximate surface area is 196 Å². The first kappa shape index (κ1) is 21.3. The van der Waals surface area contributed by atoms with E-state index in [9.17, 15) is 13.2 Å². The summed E-state index contributed by atoms with van der Waals surface area (Å²) in [5, 5.41) is 3.73. The standard InChI is InChI=1S/C30H15F5/c31-26-25(27(32)29(34)30(35)28(26)33)24-20-13-7-5-11-18(20)14-21-22(24)15-17-10-4-6-12-19(17)23(21)16-8-2-1-3-9-16/h1-15H. The van der Waals surface area contributed by atoms with Crippen molar-refractivity contribution in [3.8, 4) is 22.3 Å². The van der Waals surface area contributed by atoms with E-state index in [-0.39, 0.29) is 5.56 Å². The molecule has 0 aliphatic rings. The van der Waals surface area contributed by atoms with Gasteiger partial charge in [0.05, 0.1) is 5.56 Å². The molecule has 0 aliphatic carbocycles. The molecule has 0 radical (unpaired) electrons. The van der Waals surface area contributed by atoms with Gasteiger partial charge in [0.1, 0.15) is 0 Å². The molecular formula is C30H15F5. The quantitative estimate of drug-likeness (QED) is 0.102. The molecule has 6 rings (SSSR count). The van der Waals surface area contributed by atoms with Crippen LogP contribution in [0.3, 0.4) is 0 Å². The van der Waals surface area contributed by atoms with E-state index >= 15 is 8.78 Å². The van der Waals surface area contributed by atoms with Crippen molar-refractivity contribution in [1.82, 2.24) is 0 Å². The molecule has 6 aromatic rings. The van der Waals surface area contributed by atoms with Gasteiger partial charge < -0.3 is 0 Å². The van der Waals surface area contributed by atoms with Gasteiger partial charge in [-0.3, -0.25) is 0 Å². The predicted octanol–water partition coefficient (Wildman–Crippen LogP) is 9.18. The Morgan fingerprint density at radius 1 is 0.343 bits per heavy atom. The molecule has 0 N–H and O–H groups in total. The summed E-state index contributed by atoms with van der Waals surface area (Å²) in [7, 11) is 0. The van der Waals surface area contributed by atoms with Crippen LogP contribution in [0.25, 0.3) is 54.6 Å². The highest BCUT2D eigenvalue weighted by molar-refractivity contribution is 6.22. The molecule has 0 unspecified atom stereocenters. The molecule has 0 aliphatic heterocycles. The largest absolute Gasteiger partial charge is 0.203 e. The minimum absolute atomic E-state index is 0.0335. The summed E-state index contributed by atoms with van der Waals surface area (Å²) in [4.78, 5) is 0. The molecule has 35 heavy (non-hydrogen) atoms. The van der Waals surface area contributed by atoms with Crippen molar-refractivity contribution in [1.29, 1.82) is 0 Å². The fourth-order valence-electron chi connectivity index (χ4n) is 4.88. The molecule has 170 valence electrons. The Morgan fingerprint density at radius 2 is 0.771 bits per heavy atom. The summed E-state index contributed by atoms with van der Waals surface area (Å²) in [5.41, 5.74) is 0.717. The maximum Gasteiger partial charge on any atom is 0.200 e. The molecule has 0 nitrogen and oxygen atoms in total. The molecule has 5 heteroatoms. The number of rotatable bonds is 2. The van der Waals surface area contributed by atoms with Crippen LogP contribution < -0.4 is 0 Å². The Hall–Kier alpha value is -4.25. The summed E-state index contributed by atoms with van der Waals surface area (Å²) in [6.45, 7) is 0. The smallest absolute Gasteiger partial charge is 0.200 e. The number of benzene rings is 6. The maximum absolute atomic E-state index is 15.2. The van der Waals surface area contributed by atoms with Gasteiger partial charge in [0.2, 0.25) is 5.82 Å². The van der Waals surface area contributed by atoms with Crippen molar-refractivity contribution in [2.75, 3.05) is 0 Å². The van der Waals surface area contributed by atoms with E-state index in [1.54, 1.807) is 30.3 Å². The minimum Gasteiger partial charge on any atom is -0.203 e. The van der Waals surface area contributed by atoms with E-state index in [4.69, 9.17) is 0 Å². The fourth-order valence-corrected chi connectivity index (χ4v) is 4.88. The summed E-state index contributed by atoms with van der Waals surface area (Å²) in [5.74, 6) is -9.82. The van der Waals surface area contributed by atoms with E-state index in [0.717, 1.165) is 21.9 Å². The van der Waals surface area contributed by atoms with Gasteiger partial charge >= 0.3 is 0 Å². The average molecular weight is 470 g/mol. The van der Waals surface area contributed by atoms with Gasteiger partial charge in [0.25, 0.3) is 0 Å². The molecule has 0 fully saturated rings. The van der Waals surface area contributed by atoms with Crippen LogP contribution in [0, 0.1) is 29.1 Å². The molecule has 0 amide bonds. The number of hydrogen-bond donors (Lipinski definition) is 0. The highest BCUT2D eigenvalue weighted by Gasteiger charge is 2.29. The summed E-state index contributed by atoms with van der Waals surface area (Å²) in [6.07, 6.45) is 0. The molecule has 0 saturated carbocycles. The normalized spacial score (nSPS) is 11.6. The maximum atomic E-state index is 15.2. The minimum atomic E-state index is -2.18. The van der Waals surface area contributed by atoms with Crippen molar-refractivity contribution in [2.24, 2.45) is 0 Å². The Kier molecular flexibility index (Phi) is 4.81. The summed E-state index contributed by atoms with van der Waals surface area (Å²) in [6, 6.07) is 27.5. The van der Waals surface area contributed by atoms with Gasteiger partial charge in [-0.05, 0) is 55.6 Å². The molecule has 0 aromatic heterocycles. The molecule has 0 spiro atoms. The second-order valence-electron chi connectivity index (χ2n) is 8.35. The van der Waals surface area contributed by atoms with E-state index < -0.39 is 34.6 Å². The van der Waals surface area contributed by atoms with Gasteiger partial charge in [0.15, 0.2) is 23.3 Å². The molecule has 0 saturated heterocycles. The van der Waals surface area contributed by atoms with Crippen LogP contribution in [0.2, 0.25) is 0 Å². The highest BCUT2D eigenvalue weighted by atomic mass is 19.2. The molecular weight excluding hydrogens is 455 g/mol. The number of halogens is 5. The lowest BCUT2D eigenvalue weighted by atomic mass is 9.85. The fraction of sp³-hybridized carbons (Fsp3) is 0. The SMILES string of the molecule is Fc1c(F)c(F)c(-c2c3ccccc3cc3c(-c4ccccc4)c4ccccc4cc23)c(F)c1F. The van der Waals surface area contributed by atoms with Gasteiger partial charge in [-0.15, -0.1) is 0 Å². The Morgan fingerprint density at radius 3 is 1.34 bits per heavy atom. The highest BCUT2D eigenvalue weighted by Crippen LogP contribution is 2.45. The zero-order valence-electron chi connectivity index (χ0n) is 18.1. The third kappa shape index (κ3) is 3.12. The Balaban J connectivity index is 1.91. The first-order valence-electron chi connectivity index (χ1n) is 10.9. The average Bonchev–Trinajstić information content (AvgIpc) is 2.90. The van der Waals surface area contributed by atoms with Crippen LogP contribution in [0.4, 0.5) is 22.0 Å². The molecule has 0 heterocycles. The van der Waals surface area contributed by atoms with Crippen LogP contribution in [0.5, 0.6) is 0 Å². The third-order valence-electron chi connectivity index (χ3n) is 6.41. The first-order chi connectivity index (χ1) is 17.0. The second-order valence-corrected chi connectivity index (χ2v) is 8.35. The van der Waals surface area contributed by atoms with Gasteiger partial charge in [-0.2, -0.15) is 0 Å². The lowest BCUT2D eigenvalue weighted by Gasteiger charge is -2.18. The zero-order chi connectivity index (χ0) is 24.3. The van der Waals surface area contributed by atoms with Crippen molar-refractivity contribution in [3.63, 3.8) is 0 Å². The third-order valence-corrected chi connectivity index (χ3v) is 6.41. The van der Waals surface area contributed by atoms with E-state index in [1.807, 2.05) is 60.7 Å². The van der Waals surface area contributed by atoms with Gasteiger partial charge in [-0.25, -0.2) is 22.0 Å². The number of fused-ring (bicyclic) bond motifs is 3. The molecule has 6 aromatic carbocycles.